The monoisotopic (exact) mass is 203 g/mol. The van der Waals surface area contributed by atoms with Crippen LogP contribution in [-0.2, 0) is 13.0 Å². The van der Waals surface area contributed by atoms with Crippen molar-refractivity contribution in [3.63, 3.8) is 0 Å². The summed E-state index contributed by atoms with van der Waals surface area (Å²) >= 11 is 0. The van der Waals surface area contributed by atoms with E-state index in [0.29, 0.717) is 24.7 Å². The molecule has 15 heavy (non-hydrogen) atoms. The normalized spacial score (nSPS) is 10.5. The summed E-state index contributed by atoms with van der Waals surface area (Å²) in [5.41, 5.74) is 7.83. The molecular weight excluding hydrogens is 190 g/mol. The van der Waals surface area contributed by atoms with Crippen LogP contribution in [0.1, 0.15) is 22.8 Å². The molecule has 0 radical (unpaired) electrons. The van der Waals surface area contributed by atoms with Gasteiger partial charge in [0.15, 0.2) is 5.82 Å². The summed E-state index contributed by atoms with van der Waals surface area (Å²) in [6.45, 7) is 2.38. The van der Waals surface area contributed by atoms with E-state index >= 15 is 0 Å². The zero-order chi connectivity index (χ0) is 10.7. The number of benzene rings is 1. The molecule has 1 aromatic heterocycles. The molecule has 0 aliphatic heterocycles. The highest BCUT2D eigenvalue weighted by molar-refractivity contribution is 5.27. The largest absolute Gasteiger partial charge is 0.339 e. The van der Waals surface area contributed by atoms with Crippen molar-refractivity contribution in [3.05, 3.63) is 47.1 Å². The molecule has 2 N–H and O–H groups in total. The molecule has 1 aromatic carbocycles. The molecule has 78 valence electrons. The van der Waals surface area contributed by atoms with E-state index in [0.717, 1.165) is 0 Å². The number of hydrogen-bond donors (Lipinski definition) is 1. The van der Waals surface area contributed by atoms with E-state index in [1.165, 1.54) is 11.1 Å². The maximum absolute atomic E-state index is 5.40. The Kier molecular flexibility index (Phi) is 2.78. The Balaban J connectivity index is 2.18. The van der Waals surface area contributed by atoms with E-state index in [1.807, 2.05) is 12.1 Å². The van der Waals surface area contributed by atoms with Crippen molar-refractivity contribution in [2.24, 2.45) is 5.73 Å². The Morgan fingerprint density at radius 1 is 1.33 bits per heavy atom. The second-order valence-electron chi connectivity index (χ2n) is 3.41. The number of nitrogens with zero attached hydrogens (tertiary/aromatic N) is 2. The van der Waals surface area contributed by atoms with E-state index in [1.54, 1.807) is 0 Å². The van der Waals surface area contributed by atoms with Crippen LogP contribution in [0.2, 0.25) is 0 Å². The lowest BCUT2D eigenvalue weighted by Gasteiger charge is -2.00. The SMILES string of the molecule is Cc1ccccc1Cc1nc(CN)no1. The predicted molar refractivity (Wildman–Crippen MR) is 56.2 cm³/mol. The van der Waals surface area contributed by atoms with Gasteiger partial charge in [-0.1, -0.05) is 29.4 Å². The van der Waals surface area contributed by atoms with Crippen LogP contribution in [0.15, 0.2) is 28.8 Å². The Labute approximate surface area is 88.1 Å². The summed E-state index contributed by atoms with van der Waals surface area (Å²) in [5, 5.41) is 3.75. The molecule has 0 bridgehead atoms. The third kappa shape index (κ3) is 2.22. The molecule has 0 fully saturated rings. The number of nitrogens with two attached hydrogens (primary N) is 1. The van der Waals surface area contributed by atoms with Gasteiger partial charge in [-0.3, -0.25) is 0 Å². The topological polar surface area (TPSA) is 64.9 Å². The molecule has 4 nitrogen and oxygen atoms in total. The van der Waals surface area contributed by atoms with Crippen molar-refractivity contribution >= 4 is 0 Å². The lowest BCUT2D eigenvalue weighted by atomic mass is 10.1. The Morgan fingerprint density at radius 2 is 2.13 bits per heavy atom. The van der Waals surface area contributed by atoms with Gasteiger partial charge < -0.3 is 10.3 Å². The first-order chi connectivity index (χ1) is 7.29. The highest BCUT2D eigenvalue weighted by atomic mass is 16.5. The molecule has 0 aliphatic carbocycles. The number of hydrogen-bond acceptors (Lipinski definition) is 4. The zero-order valence-corrected chi connectivity index (χ0v) is 8.60. The van der Waals surface area contributed by atoms with Crippen LogP contribution >= 0.6 is 0 Å². The molecule has 0 saturated heterocycles. The maximum Gasteiger partial charge on any atom is 0.231 e. The van der Waals surface area contributed by atoms with Crippen molar-refractivity contribution in [3.8, 4) is 0 Å². The standard InChI is InChI=1S/C11H13N3O/c1-8-4-2-3-5-9(8)6-11-13-10(7-12)14-15-11/h2-5H,6-7,12H2,1H3. The Bertz CT molecular complexity index is 451. The molecule has 2 rings (SSSR count). The van der Waals surface area contributed by atoms with Crippen molar-refractivity contribution < 1.29 is 4.52 Å². The van der Waals surface area contributed by atoms with Gasteiger partial charge in [-0.2, -0.15) is 4.98 Å². The molecule has 0 aliphatic rings. The molecule has 2 aromatic rings. The number of aromatic nitrogens is 2. The van der Waals surface area contributed by atoms with Gasteiger partial charge in [0.05, 0.1) is 13.0 Å². The third-order valence-electron chi connectivity index (χ3n) is 2.30. The Morgan fingerprint density at radius 3 is 2.80 bits per heavy atom. The van der Waals surface area contributed by atoms with Crippen LogP contribution in [0.5, 0.6) is 0 Å². The van der Waals surface area contributed by atoms with Gasteiger partial charge >= 0.3 is 0 Å². The van der Waals surface area contributed by atoms with Crippen LogP contribution in [0.4, 0.5) is 0 Å². The summed E-state index contributed by atoms with van der Waals surface area (Å²) in [6, 6.07) is 8.14. The second kappa shape index (κ2) is 4.23. The first-order valence-electron chi connectivity index (χ1n) is 4.85. The Hall–Kier alpha value is -1.68. The van der Waals surface area contributed by atoms with Crippen molar-refractivity contribution in [1.82, 2.24) is 10.1 Å². The average molecular weight is 203 g/mol. The maximum atomic E-state index is 5.40. The molecule has 0 spiro atoms. The van der Waals surface area contributed by atoms with Gasteiger partial charge in [-0.05, 0) is 18.1 Å². The summed E-state index contributed by atoms with van der Waals surface area (Å²) in [7, 11) is 0. The number of aryl methyl sites for hydroxylation is 1. The molecule has 0 unspecified atom stereocenters. The van der Waals surface area contributed by atoms with Crippen molar-refractivity contribution in [1.29, 1.82) is 0 Å². The van der Waals surface area contributed by atoms with Gasteiger partial charge in [-0.15, -0.1) is 0 Å². The summed E-state index contributed by atoms with van der Waals surface area (Å²) in [5.74, 6) is 1.17. The smallest absolute Gasteiger partial charge is 0.231 e. The van der Waals surface area contributed by atoms with E-state index in [4.69, 9.17) is 10.3 Å². The first kappa shape index (κ1) is 9.86. The minimum absolute atomic E-state index is 0.317. The fourth-order valence-electron chi connectivity index (χ4n) is 1.42. The van der Waals surface area contributed by atoms with E-state index in [9.17, 15) is 0 Å². The molecule has 0 atom stereocenters. The lowest BCUT2D eigenvalue weighted by Crippen LogP contribution is -1.98. The fourth-order valence-corrected chi connectivity index (χ4v) is 1.42. The minimum atomic E-state index is 0.317. The zero-order valence-electron chi connectivity index (χ0n) is 8.60. The van der Waals surface area contributed by atoms with Gasteiger partial charge in [0, 0.05) is 0 Å². The molecule has 1 heterocycles. The summed E-state index contributed by atoms with van der Waals surface area (Å²) in [4.78, 5) is 4.16. The molecule has 0 amide bonds. The number of rotatable bonds is 3. The van der Waals surface area contributed by atoms with Gasteiger partial charge in [0.1, 0.15) is 0 Å². The predicted octanol–water partition coefficient (Wildman–Crippen LogP) is 1.43. The van der Waals surface area contributed by atoms with Crippen LogP contribution in [-0.4, -0.2) is 10.1 Å². The van der Waals surface area contributed by atoms with Crippen molar-refractivity contribution in [2.75, 3.05) is 0 Å². The highest BCUT2D eigenvalue weighted by Crippen LogP contribution is 2.11. The second-order valence-corrected chi connectivity index (χ2v) is 3.41. The molecular formula is C11H13N3O. The highest BCUT2D eigenvalue weighted by Gasteiger charge is 2.06. The fraction of sp³-hybridized carbons (Fsp3) is 0.273. The first-order valence-corrected chi connectivity index (χ1v) is 4.85. The van der Waals surface area contributed by atoms with Crippen LogP contribution < -0.4 is 5.73 Å². The van der Waals surface area contributed by atoms with E-state index < -0.39 is 0 Å². The summed E-state index contributed by atoms with van der Waals surface area (Å²) < 4.78 is 5.07. The molecule has 4 heteroatoms. The van der Waals surface area contributed by atoms with Crippen molar-refractivity contribution in [2.45, 2.75) is 19.9 Å². The quantitative estimate of drug-likeness (QED) is 0.819. The van der Waals surface area contributed by atoms with Gasteiger partial charge in [0.25, 0.3) is 0 Å². The average Bonchev–Trinajstić information content (AvgIpc) is 2.69. The third-order valence-corrected chi connectivity index (χ3v) is 2.30. The van der Waals surface area contributed by atoms with Crippen LogP contribution in [0.3, 0.4) is 0 Å². The van der Waals surface area contributed by atoms with Crippen LogP contribution in [0, 0.1) is 6.92 Å². The lowest BCUT2D eigenvalue weighted by molar-refractivity contribution is 0.379. The minimum Gasteiger partial charge on any atom is -0.339 e. The van der Waals surface area contributed by atoms with Crippen LogP contribution in [0.25, 0.3) is 0 Å². The van der Waals surface area contributed by atoms with E-state index in [-0.39, 0.29) is 0 Å². The van der Waals surface area contributed by atoms with Gasteiger partial charge in [-0.25, -0.2) is 0 Å². The summed E-state index contributed by atoms with van der Waals surface area (Å²) in [6.07, 6.45) is 0.666. The molecule has 0 saturated carbocycles. The van der Waals surface area contributed by atoms with Gasteiger partial charge in [0.2, 0.25) is 5.89 Å². The van der Waals surface area contributed by atoms with E-state index in [2.05, 4.69) is 29.2 Å².